The van der Waals surface area contributed by atoms with E-state index in [1.54, 1.807) is 6.20 Å². The van der Waals surface area contributed by atoms with Gasteiger partial charge in [0.2, 0.25) is 11.8 Å². The number of nitrogens with zero attached hydrogens (tertiary/aromatic N) is 1. The van der Waals surface area contributed by atoms with Crippen molar-refractivity contribution < 1.29 is 19.5 Å². The summed E-state index contributed by atoms with van der Waals surface area (Å²) in [6.45, 7) is 3.75. The van der Waals surface area contributed by atoms with E-state index >= 15 is 0 Å². The van der Waals surface area contributed by atoms with Gasteiger partial charge in [0.05, 0.1) is 12.4 Å². The minimum Gasteiger partial charge on any atom is -0.480 e. The van der Waals surface area contributed by atoms with E-state index in [1.807, 2.05) is 44.2 Å². The second-order valence-corrected chi connectivity index (χ2v) is 7.67. The molecule has 3 atom stereocenters. The number of hydrogen-bond acceptors (Lipinski definition) is 5. The SMILES string of the molecule is CC(C)C[C@H](NC(=O)[C@H](Cc1ccccc1)NC(=O)[C@@H](N)Cc1cnc[nH]1)C(=O)O. The second-order valence-electron chi connectivity index (χ2n) is 7.67. The summed E-state index contributed by atoms with van der Waals surface area (Å²) in [4.78, 5) is 43.8. The first-order valence-electron chi connectivity index (χ1n) is 9.86. The first-order valence-corrected chi connectivity index (χ1v) is 9.86. The van der Waals surface area contributed by atoms with Crippen LogP contribution < -0.4 is 16.4 Å². The maximum absolute atomic E-state index is 12.9. The Morgan fingerprint density at radius 3 is 2.30 bits per heavy atom. The molecule has 9 nitrogen and oxygen atoms in total. The van der Waals surface area contributed by atoms with E-state index in [9.17, 15) is 19.5 Å². The molecule has 0 radical (unpaired) electrons. The van der Waals surface area contributed by atoms with Gasteiger partial charge in [0.1, 0.15) is 12.1 Å². The molecule has 2 aromatic rings. The summed E-state index contributed by atoms with van der Waals surface area (Å²) in [6.07, 6.45) is 3.79. The highest BCUT2D eigenvalue weighted by Crippen LogP contribution is 2.08. The molecule has 6 N–H and O–H groups in total. The summed E-state index contributed by atoms with van der Waals surface area (Å²) in [5.74, 6) is -2.10. The third-order valence-electron chi connectivity index (χ3n) is 4.57. The Morgan fingerprint density at radius 1 is 1.07 bits per heavy atom. The smallest absolute Gasteiger partial charge is 0.326 e. The molecule has 0 aliphatic carbocycles. The number of carboxylic acid groups (broad SMARTS) is 1. The molecular weight excluding hydrogens is 386 g/mol. The fourth-order valence-corrected chi connectivity index (χ4v) is 3.03. The molecule has 0 saturated carbocycles. The van der Waals surface area contributed by atoms with Crippen LogP contribution in [0, 0.1) is 5.92 Å². The van der Waals surface area contributed by atoms with Crippen LogP contribution in [-0.4, -0.2) is 51.0 Å². The van der Waals surface area contributed by atoms with Crippen LogP contribution in [0.15, 0.2) is 42.9 Å². The molecule has 0 aliphatic rings. The highest BCUT2D eigenvalue weighted by Gasteiger charge is 2.28. The number of hydrogen-bond donors (Lipinski definition) is 5. The topological polar surface area (TPSA) is 150 Å². The predicted molar refractivity (Wildman–Crippen MR) is 111 cm³/mol. The van der Waals surface area contributed by atoms with Gasteiger partial charge < -0.3 is 26.5 Å². The first-order chi connectivity index (χ1) is 14.3. The molecule has 0 aliphatic heterocycles. The molecule has 0 spiro atoms. The van der Waals surface area contributed by atoms with E-state index in [0.717, 1.165) is 5.56 Å². The van der Waals surface area contributed by atoms with Crippen LogP contribution >= 0.6 is 0 Å². The number of aliphatic carboxylic acids is 1. The predicted octanol–water partition coefficient (Wildman–Crippen LogP) is 0.623. The minimum absolute atomic E-state index is 0.0800. The van der Waals surface area contributed by atoms with Gasteiger partial charge in [-0.15, -0.1) is 0 Å². The van der Waals surface area contributed by atoms with Gasteiger partial charge in [-0.3, -0.25) is 9.59 Å². The Labute approximate surface area is 175 Å². The summed E-state index contributed by atoms with van der Waals surface area (Å²) >= 11 is 0. The molecule has 9 heteroatoms. The van der Waals surface area contributed by atoms with Gasteiger partial charge in [-0.2, -0.15) is 0 Å². The van der Waals surface area contributed by atoms with Crippen LogP contribution in [0.1, 0.15) is 31.5 Å². The molecule has 162 valence electrons. The highest BCUT2D eigenvalue weighted by atomic mass is 16.4. The largest absolute Gasteiger partial charge is 0.480 e. The fraction of sp³-hybridized carbons (Fsp3) is 0.429. The molecule has 1 heterocycles. The van der Waals surface area contributed by atoms with Crippen molar-refractivity contribution in [3.63, 3.8) is 0 Å². The molecule has 1 aromatic carbocycles. The van der Waals surface area contributed by atoms with Crippen LogP contribution in [0.25, 0.3) is 0 Å². The lowest BCUT2D eigenvalue weighted by Crippen LogP contribution is -2.55. The summed E-state index contributed by atoms with van der Waals surface area (Å²) in [7, 11) is 0. The Bertz CT molecular complexity index is 823. The lowest BCUT2D eigenvalue weighted by Gasteiger charge is -2.23. The lowest BCUT2D eigenvalue weighted by atomic mass is 10.0. The second kappa shape index (κ2) is 11.1. The Hall–Kier alpha value is -3.20. The standard InChI is InChI=1S/C21H29N5O4/c1-13(2)8-18(21(29)30)26-20(28)17(9-14-6-4-3-5-7-14)25-19(27)16(22)10-15-11-23-12-24-15/h3-7,11-13,16-18H,8-10,22H2,1-2H3,(H,23,24)(H,25,27)(H,26,28)(H,29,30)/t16-,17-,18-/m0/s1. The van der Waals surface area contributed by atoms with Crippen molar-refractivity contribution in [2.24, 2.45) is 11.7 Å². The number of rotatable bonds is 11. The van der Waals surface area contributed by atoms with Gasteiger partial charge in [0, 0.05) is 24.7 Å². The number of benzene rings is 1. The summed E-state index contributed by atoms with van der Waals surface area (Å²) < 4.78 is 0. The van der Waals surface area contributed by atoms with Crippen LogP contribution in [0.2, 0.25) is 0 Å². The quantitative estimate of drug-likeness (QED) is 0.363. The van der Waals surface area contributed by atoms with E-state index in [1.165, 1.54) is 6.33 Å². The Kier molecular flexibility index (Phi) is 8.54. The van der Waals surface area contributed by atoms with Crippen molar-refractivity contribution in [1.29, 1.82) is 0 Å². The monoisotopic (exact) mass is 415 g/mol. The number of carbonyl (C=O) groups is 3. The van der Waals surface area contributed by atoms with Gasteiger partial charge >= 0.3 is 5.97 Å². The Morgan fingerprint density at radius 2 is 1.73 bits per heavy atom. The zero-order chi connectivity index (χ0) is 22.1. The lowest BCUT2D eigenvalue weighted by molar-refractivity contribution is -0.142. The summed E-state index contributed by atoms with van der Waals surface area (Å²) in [6, 6.07) is 6.29. The molecule has 0 saturated heterocycles. The number of imidazole rings is 1. The van der Waals surface area contributed by atoms with Crippen molar-refractivity contribution >= 4 is 17.8 Å². The number of amides is 2. The zero-order valence-corrected chi connectivity index (χ0v) is 17.2. The number of nitrogens with two attached hydrogens (primary N) is 1. The van der Waals surface area contributed by atoms with Crippen LogP contribution in [0.5, 0.6) is 0 Å². The number of nitrogens with one attached hydrogen (secondary N) is 3. The van der Waals surface area contributed by atoms with Gasteiger partial charge in [0.15, 0.2) is 0 Å². The molecule has 2 amide bonds. The number of aromatic amines is 1. The normalized spacial score (nSPS) is 14.0. The summed E-state index contributed by atoms with van der Waals surface area (Å²) in [5.41, 5.74) is 7.51. The molecule has 0 fully saturated rings. The maximum atomic E-state index is 12.9. The molecule has 0 unspecified atom stereocenters. The van der Waals surface area contributed by atoms with Crippen molar-refractivity contribution in [3.05, 3.63) is 54.1 Å². The van der Waals surface area contributed by atoms with E-state index in [0.29, 0.717) is 5.69 Å². The van der Waals surface area contributed by atoms with Crippen LogP contribution in [0.4, 0.5) is 0 Å². The highest BCUT2D eigenvalue weighted by molar-refractivity contribution is 5.92. The van der Waals surface area contributed by atoms with Crippen molar-refractivity contribution in [1.82, 2.24) is 20.6 Å². The third-order valence-corrected chi connectivity index (χ3v) is 4.57. The average molecular weight is 415 g/mol. The van der Waals surface area contributed by atoms with Crippen molar-refractivity contribution in [3.8, 4) is 0 Å². The van der Waals surface area contributed by atoms with E-state index in [2.05, 4.69) is 20.6 Å². The number of H-pyrrole nitrogens is 1. The minimum atomic E-state index is -1.11. The number of aromatic nitrogens is 2. The van der Waals surface area contributed by atoms with Gasteiger partial charge in [0.25, 0.3) is 0 Å². The van der Waals surface area contributed by atoms with E-state index in [-0.39, 0.29) is 25.2 Å². The van der Waals surface area contributed by atoms with E-state index in [4.69, 9.17) is 5.73 Å². The Balaban J connectivity index is 2.11. The zero-order valence-electron chi connectivity index (χ0n) is 17.2. The third kappa shape index (κ3) is 7.32. The van der Waals surface area contributed by atoms with Crippen LogP contribution in [-0.2, 0) is 27.2 Å². The number of carboxylic acids is 1. The molecule has 2 rings (SSSR count). The summed E-state index contributed by atoms with van der Waals surface area (Å²) in [5, 5.41) is 14.6. The first kappa shape index (κ1) is 23.1. The van der Waals surface area contributed by atoms with Gasteiger partial charge in [-0.05, 0) is 17.9 Å². The molecule has 0 bridgehead atoms. The van der Waals surface area contributed by atoms with E-state index < -0.39 is 35.9 Å². The molecular formula is C21H29N5O4. The van der Waals surface area contributed by atoms with Gasteiger partial charge in [-0.1, -0.05) is 44.2 Å². The maximum Gasteiger partial charge on any atom is 0.326 e. The number of carbonyl (C=O) groups excluding carboxylic acids is 2. The van der Waals surface area contributed by atoms with Crippen molar-refractivity contribution in [2.75, 3.05) is 0 Å². The molecule has 1 aromatic heterocycles. The van der Waals surface area contributed by atoms with Crippen LogP contribution in [0.3, 0.4) is 0 Å². The fourth-order valence-electron chi connectivity index (χ4n) is 3.03. The van der Waals surface area contributed by atoms with Crippen molar-refractivity contribution in [2.45, 2.75) is 51.2 Å². The molecule has 30 heavy (non-hydrogen) atoms. The average Bonchev–Trinajstić information content (AvgIpc) is 3.20. The van der Waals surface area contributed by atoms with Gasteiger partial charge in [-0.25, -0.2) is 9.78 Å².